The third kappa shape index (κ3) is 2.87. The Morgan fingerprint density at radius 3 is 2.36 bits per heavy atom. The minimum atomic E-state index is -0.646. The summed E-state index contributed by atoms with van der Waals surface area (Å²) < 4.78 is 1.84. The molecule has 0 saturated carbocycles. The summed E-state index contributed by atoms with van der Waals surface area (Å²) in [5.74, 6) is -0.185. The van der Waals surface area contributed by atoms with E-state index in [1.807, 2.05) is 19.9 Å². The second kappa shape index (κ2) is 5.80. The molecule has 0 aliphatic heterocycles. The predicted molar refractivity (Wildman–Crippen MR) is 81.3 cm³/mol. The fourth-order valence-electron chi connectivity index (χ4n) is 1.90. The lowest BCUT2D eigenvalue weighted by Gasteiger charge is -2.07. The molecule has 0 spiro atoms. The van der Waals surface area contributed by atoms with Crippen LogP contribution >= 0.6 is 0 Å². The van der Waals surface area contributed by atoms with E-state index in [1.165, 1.54) is 14.1 Å². The van der Waals surface area contributed by atoms with Crippen LogP contribution in [0.4, 0.5) is 5.95 Å². The number of hydrogen-bond donors (Lipinski definition) is 2. The Hall–Kier alpha value is -2.97. The molecule has 2 aromatic heterocycles. The molecule has 2 heterocycles. The Balaban J connectivity index is 2.35. The second-order valence-corrected chi connectivity index (χ2v) is 4.79. The van der Waals surface area contributed by atoms with Crippen LogP contribution in [0, 0.1) is 13.8 Å². The van der Waals surface area contributed by atoms with E-state index in [-0.39, 0.29) is 11.5 Å². The summed E-state index contributed by atoms with van der Waals surface area (Å²) in [5, 5.41) is 13.7. The normalized spacial score (nSPS) is 11.1. The van der Waals surface area contributed by atoms with Crippen LogP contribution in [-0.4, -0.2) is 30.4 Å². The van der Waals surface area contributed by atoms with Gasteiger partial charge in [0.2, 0.25) is 11.8 Å². The first-order valence-electron chi connectivity index (χ1n) is 6.41. The summed E-state index contributed by atoms with van der Waals surface area (Å²) in [4.78, 5) is 31.8. The summed E-state index contributed by atoms with van der Waals surface area (Å²) in [6.45, 7) is 3.64. The molecule has 0 unspecified atom stereocenters. The molecule has 0 amide bonds. The molecule has 0 radical (unpaired) electrons. The fraction of sp³-hybridized carbons (Fsp3) is 0.308. The maximum Gasteiger partial charge on any atom is 0.333 e. The zero-order valence-electron chi connectivity index (χ0n) is 12.7. The quantitative estimate of drug-likeness (QED) is 0.591. The van der Waals surface area contributed by atoms with Crippen LogP contribution in [-0.2, 0) is 14.1 Å². The smallest absolute Gasteiger partial charge is 0.333 e. The van der Waals surface area contributed by atoms with Gasteiger partial charge in [0.05, 0.1) is 6.21 Å². The van der Waals surface area contributed by atoms with Crippen molar-refractivity contribution in [2.45, 2.75) is 13.8 Å². The van der Waals surface area contributed by atoms with E-state index in [9.17, 15) is 14.7 Å². The largest absolute Gasteiger partial charge is 0.494 e. The van der Waals surface area contributed by atoms with Crippen LogP contribution in [0.3, 0.4) is 0 Å². The molecule has 2 N–H and O–H groups in total. The van der Waals surface area contributed by atoms with E-state index in [0.717, 1.165) is 26.7 Å². The van der Waals surface area contributed by atoms with Crippen molar-refractivity contribution in [1.29, 1.82) is 0 Å². The van der Waals surface area contributed by atoms with Crippen LogP contribution in [0.25, 0.3) is 0 Å². The van der Waals surface area contributed by atoms with Gasteiger partial charge in [-0.25, -0.2) is 20.2 Å². The lowest BCUT2D eigenvalue weighted by atomic mass is 10.3. The molecule has 9 heteroatoms. The highest BCUT2D eigenvalue weighted by Gasteiger charge is 2.12. The fourth-order valence-corrected chi connectivity index (χ4v) is 1.90. The van der Waals surface area contributed by atoms with Gasteiger partial charge in [0.15, 0.2) is 0 Å². The SMILES string of the molecule is Cc1cc(C)nc(N/N=C/c2c(O)n(C)c(=O)n(C)c2=O)n1. The van der Waals surface area contributed by atoms with Crippen molar-refractivity contribution in [2.75, 3.05) is 5.43 Å². The maximum absolute atomic E-state index is 12.0. The standard InChI is InChI=1S/C13H16N6O3/c1-7-5-8(2)16-12(15-7)17-14-6-9-10(20)18(3)13(22)19(4)11(9)21/h5-6,20H,1-4H3,(H,15,16,17)/b14-6+. The minimum absolute atomic E-state index is 0.110. The molecule has 0 aromatic carbocycles. The van der Waals surface area contributed by atoms with E-state index in [0.29, 0.717) is 0 Å². The molecule has 0 aliphatic rings. The first kappa shape index (κ1) is 15.4. The van der Waals surface area contributed by atoms with Gasteiger partial charge in [-0.2, -0.15) is 5.10 Å². The molecular formula is C13H16N6O3. The monoisotopic (exact) mass is 304 g/mol. The van der Waals surface area contributed by atoms with E-state index in [2.05, 4.69) is 20.5 Å². The summed E-state index contributed by atoms with van der Waals surface area (Å²) in [6.07, 6.45) is 1.12. The Morgan fingerprint density at radius 2 is 1.77 bits per heavy atom. The van der Waals surface area contributed by atoms with E-state index in [4.69, 9.17) is 0 Å². The third-order valence-electron chi connectivity index (χ3n) is 3.01. The molecule has 2 aromatic rings. The van der Waals surface area contributed by atoms with E-state index in [1.54, 1.807) is 0 Å². The van der Waals surface area contributed by atoms with Gasteiger partial charge in [0, 0.05) is 25.5 Å². The van der Waals surface area contributed by atoms with Gasteiger partial charge in [-0.05, 0) is 19.9 Å². The highest BCUT2D eigenvalue weighted by molar-refractivity contribution is 5.82. The van der Waals surface area contributed by atoms with Crippen molar-refractivity contribution in [3.63, 3.8) is 0 Å². The maximum atomic E-state index is 12.0. The summed E-state index contributed by atoms with van der Waals surface area (Å²) in [7, 11) is 2.68. The number of rotatable bonds is 3. The summed E-state index contributed by atoms with van der Waals surface area (Å²) in [5.41, 5.74) is 2.75. The molecule has 0 fully saturated rings. The van der Waals surface area contributed by atoms with Crippen molar-refractivity contribution in [2.24, 2.45) is 19.2 Å². The highest BCUT2D eigenvalue weighted by atomic mass is 16.3. The van der Waals surface area contributed by atoms with Crippen LogP contribution in [0.2, 0.25) is 0 Å². The average Bonchev–Trinajstić information content (AvgIpc) is 2.46. The molecule has 2 rings (SSSR count). The van der Waals surface area contributed by atoms with Crippen LogP contribution in [0.5, 0.6) is 5.88 Å². The minimum Gasteiger partial charge on any atom is -0.494 e. The number of nitrogens with one attached hydrogen (secondary N) is 1. The van der Waals surface area contributed by atoms with Crippen molar-refractivity contribution in [3.05, 3.63) is 43.9 Å². The molecular weight excluding hydrogens is 288 g/mol. The van der Waals surface area contributed by atoms with Gasteiger partial charge >= 0.3 is 5.69 Å². The molecule has 0 bridgehead atoms. The molecule has 0 atom stereocenters. The molecule has 116 valence electrons. The van der Waals surface area contributed by atoms with Crippen molar-refractivity contribution in [1.82, 2.24) is 19.1 Å². The van der Waals surface area contributed by atoms with Crippen molar-refractivity contribution in [3.8, 4) is 5.88 Å². The van der Waals surface area contributed by atoms with E-state index >= 15 is 0 Å². The predicted octanol–water partition coefficient (Wildman–Crippen LogP) is -0.358. The van der Waals surface area contributed by atoms with Crippen molar-refractivity contribution < 1.29 is 5.11 Å². The Labute approximate surface area is 125 Å². The zero-order valence-corrected chi connectivity index (χ0v) is 12.7. The first-order valence-corrected chi connectivity index (χ1v) is 6.41. The van der Waals surface area contributed by atoms with Gasteiger partial charge in [0.1, 0.15) is 5.56 Å². The van der Waals surface area contributed by atoms with Gasteiger partial charge in [-0.1, -0.05) is 0 Å². The summed E-state index contributed by atoms with van der Waals surface area (Å²) >= 11 is 0. The average molecular weight is 304 g/mol. The lowest BCUT2D eigenvalue weighted by molar-refractivity contribution is 0.410. The molecule has 0 saturated heterocycles. The Morgan fingerprint density at radius 1 is 1.18 bits per heavy atom. The number of aromatic hydroxyl groups is 1. The lowest BCUT2D eigenvalue weighted by Crippen LogP contribution is -2.38. The van der Waals surface area contributed by atoms with Gasteiger partial charge in [0.25, 0.3) is 5.56 Å². The molecule has 22 heavy (non-hydrogen) atoms. The first-order chi connectivity index (χ1) is 10.3. The van der Waals surface area contributed by atoms with Gasteiger partial charge < -0.3 is 5.11 Å². The number of nitrogens with zero attached hydrogens (tertiary/aromatic N) is 5. The van der Waals surface area contributed by atoms with Crippen LogP contribution < -0.4 is 16.7 Å². The number of hydrazone groups is 1. The number of aryl methyl sites for hydroxylation is 2. The highest BCUT2D eigenvalue weighted by Crippen LogP contribution is 2.07. The van der Waals surface area contributed by atoms with Crippen LogP contribution in [0.1, 0.15) is 17.0 Å². The van der Waals surface area contributed by atoms with Gasteiger partial charge in [-0.15, -0.1) is 0 Å². The Kier molecular flexibility index (Phi) is 4.06. The topological polar surface area (TPSA) is 114 Å². The summed E-state index contributed by atoms with van der Waals surface area (Å²) in [6, 6.07) is 1.81. The molecule has 9 nitrogen and oxygen atoms in total. The number of anilines is 1. The molecule has 0 aliphatic carbocycles. The van der Waals surface area contributed by atoms with Gasteiger partial charge in [-0.3, -0.25) is 13.9 Å². The number of hydrogen-bond acceptors (Lipinski definition) is 7. The second-order valence-electron chi connectivity index (χ2n) is 4.79. The Bertz CT molecular complexity index is 845. The van der Waals surface area contributed by atoms with Crippen molar-refractivity contribution >= 4 is 12.2 Å². The van der Waals surface area contributed by atoms with E-state index < -0.39 is 17.1 Å². The number of aromatic nitrogens is 4. The van der Waals surface area contributed by atoms with Crippen LogP contribution in [0.15, 0.2) is 20.8 Å². The zero-order chi connectivity index (χ0) is 16.4. The third-order valence-corrected chi connectivity index (χ3v) is 3.01.